The summed E-state index contributed by atoms with van der Waals surface area (Å²) in [6.07, 6.45) is 5.39. The highest BCUT2D eigenvalue weighted by atomic mass is 14.4. The highest BCUT2D eigenvalue weighted by Crippen LogP contribution is 2.44. The Bertz CT molecular complexity index is 208. The van der Waals surface area contributed by atoms with Crippen LogP contribution in [0.5, 0.6) is 0 Å². The fourth-order valence-corrected chi connectivity index (χ4v) is 2.93. The smallest absolute Gasteiger partial charge is 0.0139 e. The van der Waals surface area contributed by atoms with Gasteiger partial charge in [-0.3, -0.25) is 0 Å². The van der Waals surface area contributed by atoms with E-state index in [0.717, 1.165) is 5.92 Å². The fourth-order valence-electron chi connectivity index (χ4n) is 2.93. The molecule has 0 amide bonds. The molecule has 0 heteroatoms. The molecule has 1 atom stereocenters. The summed E-state index contributed by atoms with van der Waals surface area (Å²) in [5.41, 5.74) is 3.89. The van der Waals surface area contributed by atoms with Gasteiger partial charge in [-0.25, -0.2) is 0 Å². The van der Waals surface area contributed by atoms with Crippen molar-refractivity contribution in [2.24, 2.45) is 11.3 Å². The van der Waals surface area contributed by atoms with E-state index in [0.29, 0.717) is 5.41 Å². The molecule has 1 aliphatic carbocycles. The van der Waals surface area contributed by atoms with Crippen molar-refractivity contribution in [3.05, 3.63) is 11.1 Å². The molecule has 0 saturated carbocycles. The molecule has 0 heterocycles. The van der Waals surface area contributed by atoms with Crippen molar-refractivity contribution in [3.63, 3.8) is 0 Å². The SMILES string of the molecule is CCC(C)C1=C(C)CCCC1(C)C. The average molecular weight is 180 g/mol. The molecule has 13 heavy (non-hydrogen) atoms. The van der Waals surface area contributed by atoms with Gasteiger partial charge in [-0.1, -0.05) is 38.8 Å². The Kier molecular flexibility index (Phi) is 3.21. The lowest BCUT2D eigenvalue weighted by Crippen LogP contribution is -2.24. The van der Waals surface area contributed by atoms with Gasteiger partial charge < -0.3 is 0 Å². The minimum absolute atomic E-state index is 0.470. The van der Waals surface area contributed by atoms with Gasteiger partial charge in [-0.2, -0.15) is 0 Å². The van der Waals surface area contributed by atoms with Crippen molar-refractivity contribution in [1.29, 1.82) is 0 Å². The Morgan fingerprint density at radius 1 is 1.38 bits per heavy atom. The molecule has 0 aromatic heterocycles. The van der Waals surface area contributed by atoms with Crippen LogP contribution in [0.1, 0.15) is 60.3 Å². The standard InChI is InChI=1S/C13H24/c1-6-10(2)12-11(3)8-7-9-13(12,4)5/h10H,6-9H2,1-5H3. The van der Waals surface area contributed by atoms with E-state index < -0.39 is 0 Å². The minimum atomic E-state index is 0.470. The first-order valence-corrected chi connectivity index (χ1v) is 5.69. The maximum absolute atomic E-state index is 2.41. The molecule has 0 radical (unpaired) electrons. The van der Waals surface area contributed by atoms with Crippen molar-refractivity contribution >= 4 is 0 Å². The minimum Gasteiger partial charge on any atom is -0.0733 e. The van der Waals surface area contributed by atoms with Crippen LogP contribution in [0.3, 0.4) is 0 Å². The van der Waals surface area contributed by atoms with Gasteiger partial charge in [-0.05, 0) is 43.9 Å². The Morgan fingerprint density at radius 2 is 2.00 bits per heavy atom. The lowest BCUT2D eigenvalue weighted by molar-refractivity contribution is 0.325. The topological polar surface area (TPSA) is 0 Å². The summed E-state index contributed by atoms with van der Waals surface area (Å²) in [7, 11) is 0. The summed E-state index contributed by atoms with van der Waals surface area (Å²) < 4.78 is 0. The predicted octanol–water partition coefficient (Wildman–Crippen LogP) is 4.56. The maximum Gasteiger partial charge on any atom is -0.0139 e. The van der Waals surface area contributed by atoms with E-state index in [-0.39, 0.29) is 0 Å². The zero-order chi connectivity index (χ0) is 10.1. The van der Waals surface area contributed by atoms with Crippen molar-refractivity contribution in [3.8, 4) is 0 Å². The number of hydrogen-bond donors (Lipinski definition) is 0. The third kappa shape index (κ3) is 2.15. The molecular weight excluding hydrogens is 156 g/mol. The fraction of sp³-hybridized carbons (Fsp3) is 0.846. The lowest BCUT2D eigenvalue weighted by atomic mass is 9.68. The highest BCUT2D eigenvalue weighted by molar-refractivity contribution is 5.24. The maximum atomic E-state index is 2.41. The summed E-state index contributed by atoms with van der Waals surface area (Å²) in [5.74, 6) is 0.787. The molecule has 0 aromatic rings. The summed E-state index contributed by atoms with van der Waals surface area (Å²) in [5, 5.41) is 0. The van der Waals surface area contributed by atoms with Crippen molar-refractivity contribution in [2.45, 2.75) is 60.3 Å². The largest absolute Gasteiger partial charge is 0.0733 e. The average Bonchev–Trinajstić information content (AvgIpc) is 2.02. The third-order valence-corrected chi connectivity index (χ3v) is 3.65. The molecule has 1 aliphatic rings. The first kappa shape index (κ1) is 10.8. The van der Waals surface area contributed by atoms with Crippen molar-refractivity contribution in [2.75, 3.05) is 0 Å². The third-order valence-electron chi connectivity index (χ3n) is 3.65. The van der Waals surface area contributed by atoms with Crippen LogP contribution >= 0.6 is 0 Å². The number of rotatable bonds is 2. The predicted molar refractivity (Wildman–Crippen MR) is 59.8 cm³/mol. The number of allylic oxidation sites excluding steroid dienone is 2. The van der Waals surface area contributed by atoms with Crippen LogP contribution in [0.4, 0.5) is 0 Å². The van der Waals surface area contributed by atoms with E-state index in [9.17, 15) is 0 Å². The molecule has 0 nitrogen and oxygen atoms in total. The van der Waals surface area contributed by atoms with E-state index in [2.05, 4.69) is 34.6 Å². The molecule has 1 unspecified atom stereocenters. The Balaban J connectivity index is 2.98. The van der Waals surface area contributed by atoms with Gasteiger partial charge in [0, 0.05) is 0 Å². The summed E-state index contributed by atoms with van der Waals surface area (Å²) in [6, 6.07) is 0. The zero-order valence-electron chi connectivity index (χ0n) is 9.91. The van der Waals surface area contributed by atoms with E-state index in [4.69, 9.17) is 0 Å². The van der Waals surface area contributed by atoms with Crippen LogP contribution in [0.2, 0.25) is 0 Å². The van der Waals surface area contributed by atoms with Gasteiger partial charge in [0.15, 0.2) is 0 Å². The molecular formula is C13H24. The zero-order valence-corrected chi connectivity index (χ0v) is 9.91. The highest BCUT2D eigenvalue weighted by Gasteiger charge is 2.30. The summed E-state index contributed by atoms with van der Waals surface area (Å²) >= 11 is 0. The second-order valence-electron chi connectivity index (χ2n) is 5.24. The van der Waals surface area contributed by atoms with E-state index in [1.807, 2.05) is 0 Å². The molecule has 0 aliphatic heterocycles. The first-order valence-electron chi connectivity index (χ1n) is 5.69. The van der Waals surface area contributed by atoms with E-state index >= 15 is 0 Å². The van der Waals surface area contributed by atoms with Crippen LogP contribution < -0.4 is 0 Å². The molecule has 0 fully saturated rings. The van der Waals surface area contributed by atoms with Crippen LogP contribution in [0, 0.1) is 11.3 Å². The second kappa shape index (κ2) is 3.86. The van der Waals surface area contributed by atoms with Gasteiger partial charge in [0.05, 0.1) is 0 Å². The van der Waals surface area contributed by atoms with Gasteiger partial charge in [0.2, 0.25) is 0 Å². The monoisotopic (exact) mass is 180 g/mol. The Labute approximate surface area is 83.4 Å². The van der Waals surface area contributed by atoms with Crippen molar-refractivity contribution < 1.29 is 0 Å². The molecule has 0 aromatic carbocycles. The second-order valence-corrected chi connectivity index (χ2v) is 5.24. The van der Waals surface area contributed by atoms with Crippen LogP contribution in [0.15, 0.2) is 11.1 Å². The van der Waals surface area contributed by atoms with Gasteiger partial charge in [-0.15, -0.1) is 0 Å². The molecule has 1 rings (SSSR count). The first-order chi connectivity index (χ1) is 5.99. The lowest BCUT2D eigenvalue weighted by Gasteiger charge is -2.37. The molecule has 0 saturated heterocycles. The van der Waals surface area contributed by atoms with Gasteiger partial charge >= 0.3 is 0 Å². The van der Waals surface area contributed by atoms with Crippen LogP contribution in [0.25, 0.3) is 0 Å². The van der Waals surface area contributed by atoms with E-state index in [1.54, 1.807) is 11.1 Å². The quantitative estimate of drug-likeness (QED) is 0.546. The van der Waals surface area contributed by atoms with Crippen LogP contribution in [-0.2, 0) is 0 Å². The summed E-state index contributed by atoms with van der Waals surface area (Å²) in [6.45, 7) is 11.8. The van der Waals surface area contributed by atoms with E-state index in [1.165, 1.54) is 25.7 Å². The molecule has 0 spiro atoms. The van der Waals surface area contributed by atoms with Gasteiger partial charge in [0.1, 0.15) is 0 Å². The Hall–Kier alpha value is -0.260. The number of hydrogen-bond acceptors (Lipinski definition) is 0. The van der Waals surface area contributed by atoms with Crippen molar-refractivity contribution in [1.82, 2.24) is 0 Å². The van der Waals surface area contributed by atoms with Crippen LogP contribution in [-0.4, -0.2) is 0 Å². The normalized spacial score (nSPS) is 24.7. The van der Waals surface area contributed by atoms with Gasteiger partial charge in [0.25, 0.3) is 0 Å². The molecule has 76 valence electrons. The molecule has 0 bridgehead atoms. The Morgan fingerprint density at radius 3 is 2.46 bits per heavy atom. The summed E-state index contributed by atoms with van der Waals surface area (Å²) in [4.78, 5) is 0. The molecule has 0 N–H and O–H groups in total.